The van der Waals surface area contributed by atoms with Crippen molar-refractivity contribution in [2.45, 2.75) is 26.4 Å². The first kappa shape index (κ1) is 11.0. The molecular weight excluding hydrogens is 160 g/mol. The maximum Gasteiger partial charge on any atom is 0.158 e. The standard InChI is InChI=1S/C8H16O2S/c1-4-10-8(7(2)9)5-6-11-3/h8H,4-6H2,1-3H3. The van der Waals surface area contributed by atoms with Gasteiger partial charge in [-0.05, 0) is 32.3 Å². The van der Waals surface area contributed by atoms with Crippen LogP contribution in [-0.4, -0.2) is 30.5 Å². The molecule has 0 amide bonds. The van der Waals surface area contributed by atoms with Gasteiger partial charge in [0.05, 0.1) is 0 Å². The molecule has 0 aliphatic rings. The second-order valence-corrected chi connectivity index (χ2v) is 3.32. The molecule has 0 bridgehead atoms. The Bertz CT molecular complexity index is 115. The van der Waals surface area contributed by atoms with Crippen LogP contribution in [0.1, 0.15) is 20.3 Å². The van der Waals surface area contributed by atoms with Crippen molar-refractivity contribution in [3.63, 3.8) is 0 Å². The van der Waals surface area contributed by atoms with Gasteiger partial charge in [-0.3, -0.25) is 4.79 Å². The maximum absolute atomic E-state index is 10.9. The molecule has 0 heterocycles. The van der Waals surface area contributed by atoms with Crippen LogP contribution in [-0.2, 0) is 9.53 Å². The number of ketones is 1. The summed E-state index contributed by atoms with van der Waals surface area (Å²) < 4.78 is 5.24. The van der Waals surface area contributed by atoms with Crippen molar-refractivity contribution in [1.82, 2.24) is 0 Å². The normalized spacial score (nSPS) is 13.0. The van der Waals surface area contributed by atoms with Gasteiger partial charge in [0.2, 0.25) is 0 Å². The largest absolute Gasteiger partial charge is 0.371 e. The number of carbonyl (C=O) groups excluding carboxylic acids is 1. The molecule has 1 atom stereocenters. The Labute approximate surface area is 72.7 Å². The van der Waals surface area contributed by atoms with Gasteiger partial charge in [-0.2, -0.15) is 11.8 Å². The Kier molecular flexibility index (Phi) is 6.66. The average molecular weight is 176 g/mol. The van der Waals surface area contributed by atoms with E-state index in [2.05, 4.69) is 0 Å². The monoisotopic (exact) mass is 176 g/mol. The van der Waals surface area contributed by atoms with E-state index in [1.54, 1.807) is 18.7 Å². The number of hydrogen-bond acceptors (Lipinski definition) is 3. The summed E-state index contributed by atoms with van der Waals surface area (Å²) in [6, 6.07) is 0. The summed E-state index contributed by atoms with van der Waals surface area (Å²) in [5.74, 6) is 1.13. The van der Waals surface area contributed by atoms with Crippen molar-refractivity contribution in [1.29, 1.82) is 0 Å². The molecule has 0 aliphatic carbocycles. The van der Waals surface area contributed by atoms with Gasteiger partial charge in [0.15, 0.2) is 5.78 Å². The van der Waals surface area contributed by atoms with Crippen molar-refractivity contribution in [2.24, 2.45) is 0 Å². The first-order valence-electron chi connectivity index (χ1n) is 3.83. The molecular formula is C8H16O2S. The molecule has 0 fully saturated rings. The van der Waals surface area contributed by atoms with Gasteiger partial charge < -0.3 is 4.74 Å². The molecule has 0 rings (SSSR count). The van der Waals surface area contributed by atoms with E-state index in [1.807, 2.05) is 13.2 Å². The zero-order valence-electron chi connectivity index (χ0n) is 7.42. The smallest absolute Gasteiger partial charge is 0.158 e. The molecule has 66 valence electrons. The fourth-order valence-electron chi connectivity index (χ4n) is 0.830. The molecule has 0 saturated heterocycles. The fraction of sp³-hybridized carbons (Fsp3) is 0.875. The Morgan fingerprint density at radius 2 is 2.27 bits per heavy atom. The van der Waals surface area contributed by atoms with Crippen molar-refractivity contribution < 1.29 is 9.53 Å². The van der Waals surface area contributed by atoms with Crippen LogP contribution in [0.3, 0.4) is 0 Å². The number of ether oxygens (including phenoxy) is 1. The van der Waals surface area contributed by atoms with E-state index < -0.39 is 0 Å². The third-order valence-corrected chi connectivity index (χ3v) is 2.05. The molecule has 0 aromatic heterocycles. The zero-order chi connectivity index (χ0) is 8.69. The summed E-state index contributed by atoms with van der Waals surface area (Å²) in [7, 11) is 0. The highest BCUT2D eigenvalue weighted by molar-refractivity contribution is 7.98. The van der Waals surface area contributed by atoms with Crippen LogP contribution in [0.5, 0.6) is 0 Å². The quantitative estimate of drug-likeness (QED) is 0.616. The van der Waals surface area contributed by atoms with E-state index >= 15 is 0 Å². The summed E-state index contributed by atoms with van der Waals surface area (Å²) in [5.41, 5.74) is 0. The van der Waals surface area contributed by atoms with Crippen LogP contribution in [0.2, 0.25) is 0 Å². The molecule has 2 nitrogen and oxygen atoms in total. The summed E-state index contributed by atoms with van der Waals surface area (Å²) >= 11 is 1.74. The topological polar surface area (TPSA) is 26.3 Å². The van der Waals surface area contributed by atoms with Gasteiger partial charge in [-0.25, -0.2) is 0 Å². The molecule has 1 unspecified atom stereocenters. The number of hydrogen-bond donors (Lipinski definition) is 0. The molecule has 0 aliphatic heterocycles. The lowest BCUT2D eigenvalue weighted by molar-refractivity contribution is -0.128. The minimum absolute atomic E-state index is 0.140. The van der Waals surface area contributed by atoms with Crippen molar-refractivity contribution >= 4 is 17.5 Å². The van der Waals surface area contributed by atoms with E-state index in [1.165, 1.54) is 0 Å². The van der Waals surface area contributed by atoms with Crippen LogP contribution in [0, 0.1) is 0 Å². The Balaban J connectivity index is 3.60. The Morgan fingerprint density at radius 1 is 1.64 bits per heavy atom. The van der Waals surface area contributed by atoms with E-state index in [0.717, 1.165) is 12.2 Å². The molecule has 0 aromatic rings. The first-order chi connectivity index (χ1) is 5.22. The Hall–Kier alpha value is -0.0200. The highest BCUT2D eigenvalue weighted by Gasteiger charge is 2.12. The van der Waals surface area contributed by atoms with E-state index in [9.17, 15) is 4.79 Å². The van der Waals surface area contributed by atoms with Crippen LogP contribution >= 0.6 is 11.8 Å². The second-order valence-electron chi connectivity index (χ2n) is 2.34. The third kappa shape index (κ3) is 5.27. The van der Waals surface area contributed by atoms with Gasteiger partial charge in [0, 0.05) is 6.61 Å². The van der Waals surface area contributed by atoms with Crippen LogP contribution in [0.4, 0.5) is 0 Å². The lowest BCUT2D eigenvalue weighted by Crippen LogP contribution is -2.22. The molecule has 3 heteroatoms. The molecule has 0 spiro atoms. The zero-order valence-corrected chi connectivity index (χ0v) is 8.24. The molecule has 0 aromatic carbocycles. The highest BCUT2D eigenvalue weighted by atomic mass is 32.2. The highest BCUT2D eigenvalue weighted by Crippen LogP contribution is 2.05. The summed E-state index contributed by atoms with van der Waals surface area (Å²) in [4.78, 5) is 10.9. The number of rotatable bonds is 6. The van der Waals surface area contributed by atoms with Gasteiger partial charge in [-0.15, -0.1) is 0 Å². The number of carbonyl (C=O) groups is 1. The van der Waals surface area contributed by atoms with E-state index in [4.69, 9.17) is 4.74 Å². The minimum atomic E-state index is -0.174. The summed E-state index contributed by atoms with van der Waals surface area (Å²) in [6.07, 6.45) is 2.69. The van der Waals surface area contributed by atoms with Gasteiger partial charge >= 0.3 is 0 Å². The molecule has 11 heavy (non-hydrogen) atoms. The first-order valence-corrected chi connectivity index (χ1v) is 5.22. The average Bonchev–Trinajstić information content (AvgIpc) is 1.97. The second kappa shape index (κ2) is 6.68. The molecule has 0 radical (unpaired) electrons. The third-order valence-electron chi connectivity index (χ3n) is 1.41. The van der Waals surface area contributed by atoms with Crippen molar-refractivity contribution in [3.05, 3.63) is 0 Å². The number of thioether (sulfide) groups is 1. The lowest BCUT2D eigenvalue weighted by atomic mass is 10.2. The molecule has 0 saturated carbocycles. The fourth-order valence-corrected chi connectivity index (χ4v) is 1.28. The van der Waals surface area contributed by atoms with Gasteiger partial charge in [-0.1, -0.05) is 0 Å². The van der Waals surface area contributed by atoms with Crippen LogP contribution < -0.4 is 0 Å². The van der Waals surface area contributed by atoms with Gasteiger partial charge in [0.25, 0.3) is 0 Å². The van der Waals surface area contributed by atoms with Crippen molar-refractivity contribution in [2.75, 3.05) is 18.6 Å². The maximum atomic E-state index is 10.9. The van der Waals surface area contributed by atoms with Gasteiger partial charge in [0.1, 0.15) is 6.10 Å². The van der Waals surface area contributed by atoms with Crippen LogP contribution in [0.25, 0.3) is 0 Å². The SMILES string of the molecule is CCOC(CCSC)C(C)=O. The predicted octanol–water partition coefficient (Wildman–Crippen LogP) is 1.73. The minimum Gasteiger partial charge on any atom is -0.371 e. The predicted molar refractivity (Wildman–Crippen MR) is 49.1 cm³/mol. The van der Waals surface area contributed by atoms with E-state index in [-0.39, 0.29) is 11.9 Å². The summed E-state index contributed by atoms with van der Waals surface area (Å²) in [6.45, 7) is 4.12. The summed E-state index contributed by atoms with van der Waals surface area (Å²) in [5, 5.41) is 0. The number of Topliss-reactive ketones (excluding diaryl/α,β-unsaturated/α-hetero) is 1. The lowest BCUT2D eigenvalue weighted by Gasteiger charge is -2.12. The van der Waals surface area contributed by atoms with Crippen molar-refractivity contribution in [3.8, 4) is 0 Å². The Morgan fingerprint density at radius 3 is 2.64 bits per heavy atom. The molecule has 0 N–H and O–H groups in total. The van der Waals surface area contributed by atoms with E-state index in [0.29, 0.717) is 6.61 Å². The van der Waals surface area contributed by atoms with Crippen LogP contribution in [0.15, 0.2) is 0 Å².